The minimum absolute atomic E-state index is 0.0446. The van der Waals surface area contributed by atoms with Crippen molar-refractivity contribution in [3.8, 4) is 11.5 Å². The van der Waals surface area contributed by atoms with Crippen LogP contribution in [0, 0.1) is 0 Å². The van der Waals surface area contributed by atoms with Gasteiger partial charge in [-0.3, -0.25) is 9.59 Å². The molecular formula is C22H23NO7. The molecule has 0 aromatic heterocycles. The average molecular weight is 413 g/mol. The molecule has 1 atom stereocenters. The second-order valence-corrected chi connectivity index (χ2v) is 6.65. The number of benzene rings is 2. The first-order valence-corrected chi connectivity index (χ1v) is 9.19. The van der Waals surface area contributed by atoms with Gasteiger partial charge in [-0.1, -0.05) is 36.4 Å². The van der Waals surface area contributed by atoms with Gasteiger partial charge in [0.2, 0.25) is 0 Å². The Morgan fingerprint density at radius 3 is 2.33 bits per heavy atom. The molecule has 30 heavy (non-hydrogen) atoms. The van der Waals surface area contributed by atoms with Gasteiger partial charge < -0.3 is 29.3 Å². The molecule has 1 aliphatic heterocycles. The smallest absolute Gasteiger partial charge is 0.295 e. The zero-order chi connectivity index (χ0) is 21.8. The Labute approximate surface area is 173 Å². The molecular weight excluding hydrogens is 390 g/mol. The molecule has 0 spiro atoms. The lowest BCUT2D eigenvalue weighted by molar-refractivity contribution is -0.149. The van der Waals surface area contributed by atoms with Crippen molar-refractivity contribution in [3.05, 3.63) is 65.2 Å². The van der Waals surface area contributed by atoms with Gasteiger partial charge >= 0.3 is 0 Å². The first-order chi connectivity index (χ1) is 14.4. The quantitative estimate of drug-likeness (QED) is 0.311. The number of aliphatic hydroxyl groups excluding tert-OH is 1. The maximum atomic E-state index is 12.9. The number of Topliss-reactive ketones (excluding diaryl/α,β-unsaturated/α-hetero) is 1. The summed E-state index contributed by atoms with van der Waals surface area (Å²) in [5, 5.41) is 20.9. The summed E-state index contributed by atoms with van der Waals surface area (Å²) in [5.41, 5.74) is 0.818. The molecule has 0 aliphatic carbocycles. The maximum Gasteiger partial charge on any atom is 0.295 e. The Balaban J connectivity index is 2.19. The number of methoxy groups -OCH3 is 3. The van der Waals surface area contributed by atoms with Gasteiger partial charge in [-0.05, 0) is 17.7 Å². The molecule has 0 saturated carbocycles. The second-order valence-electron chi connectivity index (χ2n) is 6.65. The van der Waals surface area contributed by atoms with E-state index in [2.05, 4.69) is 0 Å². The summed E-state index contributed by atoms with van der Waals surface area (Å²) in [5.74, 6) is -1.82. The van der Waals surface area contributed by atoms with Gasteiger partial charge in [-0.2, -0.15) is 0 Å². The fraction of sp³-hybridized carbons (Fsp3) is 0.273. The van der Waals surface area contributed by atoms with E-state index in [0.29, 0.717) is 11.1 Å². The van der Waals surface area contributed by atoms with E-state index in [1.54, 1.807) is 36.4 Å². The summed E-state index contributed by atoms with van der Waals surface area (Å²) >= 11 is 0. The Morgan fingerprint density at radius 2 is 1.73 bits per heavy atom. The van der Waals surface area contributed by atoms with Crippen LogP contribution in [0.2, 0.25) is 0 Å². The van der Waals surface area contributed by atoms with E-state index < -0.39 is 24.0 Å². The minimum atomic E-state index is -0.924. The van der Waals surface area contributed by atoms with Crippen molar-refractivity contribution in [3.63, 3.8) is 0 Å². The van der Waals surface area contributed by atoms with E-state index in [-0.39, 0.29) is 29.4 Å². The van der Waals surface area contributed by atoms with Crippen LogP contribution in [-0.4, -0.2) is 61.0 Å². The lowest BCUT2D eigenvalue weighted by Gasteiger charge is -2.28. The van der Waals surface area contributed by atoms with E-state index in [0.717, 1.165) is 0 Å². The van der Waals surface area contributed by atoms with Gasteiger partial charge in [0.15, 0.2) is 17.8 Å². The van der Waals surface area contributed by atoms with Crippen LogP contribution in [0.4, 0.5) is 0 Å². The summed E-state index contributed by atoms with van der Waals surface area (Å²) in [6.07, 6.45) is -0.776. The number of ketones is 1. The topological polar surface area (TPSA) is 106 Å². The summed E-state index contributed by atoms with van der Waals surface area (Å²) in [7, 11) is 4.24. The van der Waals surface area contributed by atoms with E-state index in [1.807, 2.05) is 0 Å². The molecule has 1 fully saturated rings. The van der Waals surface area contributed by atoms with E-state index in [1.165, 1.54) is 38.4 Å². The number of phenols is 1. The fourth-order valence-electron chi connectivity index (χ4n) is 3.44. The number of likely N-dealkylation sites (tertiary alicyclic amines) is 1. The van der Waals surface area contributed by atoms with Crippen LogP contribution in [0.5, 0.6) is 11.5 Å². The number of phenolic OH excluding ortho intramolecular Hbond substituents is 1. The summed E-state index contributed by atoms with van der Waals surface area (Å²) in [4.78, 5) is 27.1. The zero-order valence-electron chi connectivity index (χ0n) is 16.9. The minimum Gasteiger partial charge on any atom is -0.507 e. The van der Waals surface area contributed by atoms with Crippen LogP contribution in [0.25, 0.3) is 5.76 Å². The molecule has 8 heteroatoms. The monoisotopic (exact) mass is 413 g/mol. The molecule has 8 nitrogen and oxygen atoms in total. The number of rotatable bonds is 7. The first kappa shape index (κ1) is 21.4. The van der Waals surface area contributed by atoms with E-state index in [4.69, 9.17) is 14.2 Å². The Bertz CT molecular complexity index is 967. The third-order valence-electron chi connectivity index (χ3n) is 4.98. The number of hydrogen-bond acceptors (Lipinski definition) is 7. The van der Waals surface area contributed by atoms with Gasteiger partial charge in [0.05, 0.1) is 25.3 Å². The number of nitrogens with zero attached hydrogens (tertiary/aromatic N) is 1. The molecule has 2 aromatic rings. The second kappa shape index (κ2) is 8.98. The Morgan fingerprint density at radius 1 is 1.07 bits per heavy atom. The molecule has 0 bridgehead atoms. The van der Waals surface area contributed by atoms with Crippen LogP contribution >= 0.6 is 0 Å². The Kier molecular flexibility index (Phi) is 6.39. The molecule has 2 aromatic carbocycles. The highest BCUT2D eigenvalue weighted by Crippen LogP contribution is 2.41. The predicted octanol–water partition coefficient (Wildman–Crippen LogP) is 2.44. The standard InChI is InChI=1S/C22H23NO7/c1-28-16-11-14(9-10-15(16)24)19-18(20(25)13-7-5-4-6-8-13)21(26)22(27)23(19)12-17(29-2)30-3/h4-11,17,19,24-25H,12H2,1-3H3/b20-18-. The molecule has 2 N–H and O–H groups in total. The lowest BCUT2D eigenvalue weighted by Crippen LogP contribution is -2.38. The van der Waals surface area contributed by atoms with Crippen molar-refractivity contribution in [2.75, 3.05) is 27.9 Å². The van der Waals surface area contributed by atoms with Crippen molar-refractivity contribution in [1.29, 1.82) is 0 Å². The number of aromatic hydroxyl groups is 1. The molecule has 1 unspecified atom stereocenters. The van der Waals surface area contributed by atoms with Crippen molar-refractivity contribution in [2.24, 2.45) is 0 Å². The van der Waals surface area contributed by atoms with Crippen molar-refractivity contribution in [2.45, 2.75) is 12.3 Å². The normalized spacial score (nSPS) is 18.3. The van der Waals surface area contributed by atoms with Gasteiger partial charge in [-0.25, -0.2) is 0 Å². The van der Waals surface area contributed by atoms with E-state index in [9.17, 15) is 19.8 Å². The van der Waals surface area contributed by atoms with Gasteiger partial charge in [0.1, 0.15) is 5.76 Å². The summed E-state index contributed by atoms with van der Waals surface area (Å²) in [6.45, 7) is -0.0446. The van der Waals surface area contributed by atoms with Crippen LogP contribution in [-0.2, 0) is 19.1 Å². The molecule has 0 radical (unpaired) electrons. The average Bonchev–Trinajstić information content (AvgIpc) is 3.02. The van der Waals surface area contributed by atoms with Gasteiger partial charge in [0, 0.05) is 19.8 Å². The van der Waals surface area contributed by atoms with Gasteiger partial charge in [-0.15, -0.1) is 0 Å². The maximum absolute atomic E-state index is 12.9. The number of carbonyl (C=O) groups excluding carboxylic acids is 2. The number of aliphatic hydroxyl groups is 1. The van der Waals surface area contributed by atoms with Crippen LogP contribution in [0.15, 0.2) is 54.1 Å². The highest BCUT2D eigenvalue weighted by atomic mass is 16.7. The van der Waals surface area contributed by atoms with Crippen molar-refractivity contribution >= 4 is 17.4 Å². The number of amides is 1. The molecule has 1 amide bonds. The SMILES string of the molecule is COc1cc(C2/C(=C(/O)c3ccccc3)C(=O)C(=O)N2CC(OC)OC)ccc1O. The van der Waals surface area contributed by atoms with Crippen molar-refractivity contribution in [1.82, 2.24) is 4.90 Å². The molecule has 1 aliphatic rings. The summed E-state index contributed by atoms with van der Waals surface area (Å²) < 4.78 is 15.6. The van der Waals surface area contributed by atoms with Crippen molar-refractivity contribution < 1.29 is 34.0 Å². The van der Waals surface area contributed by atoms with Crippen LogP contribution < -0.4 is 4.74 Å². The van der Waals surface area contributed by atoms with Gasteiger partial charge in [0.25, 0.3) is 11.7 Å². The number of ether oxygens (including phenoxy) is 3. The molecule has 158 valence electrons. The Hall–Kier alpha value is -3.36. The summed E-state index contributed by atoms with van der Waals surface area (Å²) in [6, 6.07) is 12.1. The molecule has 1 heterocycles. The molecule has 1 saturated heterocycles. The largest absolute Gasteiger partial charge is 0.507 e. The third-order valence-corrected chi connectivity index (χ3v) is 4.98. The fourth-order valence-corrected chi connectivity index (χ4v) is 3.44. The third kappa shape index (κ3) is 3.87. The van der Waals surface area contributed by atoms with Crippen LogP contribution in [0.1, 0.15) is 17.2 Å². The predicted molar refractivity (Wildman–Crippen MR) is 108 cm³/mol. The number of carbonyl (C=O) groups is 2. The number of hydrogen-bond donors (Lipinski definition) is 2. The van der Waals surface area contributed by atoms with Crippen LogP contribution in [0.3, 0.4) is 0 Å². The lowest BCUT2D eigenvalue weighted by atomic mass is 9.95. The highest BCUT2D eigenvalue weighted by molar-refractivity contribution is 6.46. The van der Waals surface area contributed by atoms with E-state index >= 15 is 0 Å². The zero-order valence-corrected chi connectivity index (χ0v) is 16.9. The highest BCUT2D eigenvalue weighted by Gasteiger charge is 2.47. The first-order valence-electron chi connectivity index (χ1n) is 9.19. The molecule has 3 rings (SSSR count).